The lowest BCUT2D eigenvalue weighted by atomic mass is 10.2. The van der Waals surface area contributed by atoms with Crippen molar-refractivity contribution in [2.45, 2.75) is 0 Å². The molecule has 6 heteroatoms. The van der Waals surface area contributed by atoms with E-state index in [0.29, 0.717) is 11.5 Å². The average molecular weight is 243 g/mol. The summed E-state index contributed by atoms with van der Waals surface area (Å²) in [5.74, 6) is 1.35. The molecule has 0 fully saturated rings. The Morgan fingerprint density at radius 2 is 2.24 bits per heavy atom. The number of anilines is 1. The lowest BCUT2D eigenvalue weighted by molar-refractivity contribution is 1.10. The molecule has 0 saturated heterocycles. The lowest BCUT2D eigenvalue weighted by Gasteiger charge is -1.97. The van der Waals surface area contributed by atoms with Gasteiger partial charge in [-0.3, -0.25) is 10.1 Å². The highest BCUT2D eigenvalue weighted by Crippen LogP contribution is 2.25. The molecular weight excluding hydrogens is 234 g/mol. The minimum atomic E-state index is 0.573. The van der Waals surface area contributed by atoms with Crippen LogP contribution < -0.4 is 5.73 Å². The van der Waals surface area contributed by atoms with Gasteiger partial charge in [-0.15, -0.1) is 11.3 Å². The van der Waals surface area contributed by atoms with Crippen LogP contribution in [0.3, 0.4) is 0 Å². The first-order valence-electron chi connectivity index (χ1n) is 5.01. The van der Waals surface area contributed by atoms with Gasteiger partial charge in [-0.2, -0.15) is 5.10 Å². The van der Waals surface area contributed by atoms with Gasteiger partial charge in [-0.05, 0) is 17.5 Å². The number of nitrogens with two attached hydrogens (primary N) is 1. The van der Waals surface area contributed by atoms with Crippen molar-refractivity contribution in [3.8, 4) is 22.1 Å². The monoisotopic (exact) mass is 243 g/mol. The molecule has 0 radical (unpaired) electrons. The van der Waals surface area contributed by atoms with Crippen LogP contribution in [0.2, 0.25) is 0 Å². The molecule has 0 spiro atoms. The number of hydrogen-bond donors (Lipinski definition) is 2. The predicted molar refractivity (Wildman–Crippen MR) is 67.3 cm³/mol. The van der Waals surface area contributed by atoms with Crippen molar-refractivity contribution >= 4 is 17.0 Å². The number of thiophene rings is 1. The Morgan fingerprint density at radius 1 is 1.29 bits per heavy atom. The van der Waals surface area contributed by atoms with E-state index >= 15 is 0 Å². The Bertz CT molecular complexity index is 629. The smallest absolute Gasteiger partial charge is 0.183 e. The van der Waals surface area contributed by atoms with Crippen molar-refractivity contribution in [3.63, 3.8) is 0 Å². The summed E-state index contributed by atoms with van der Waals surface area (Å²) in [6, 6.07) is 5.77. The number of nitrogens with zero attached hydrogens (tertiary/aromatic N) is 3. The van der Waals surface area contributed by atoms with Crippen LogP contribution in [-0.2, 0) is 0 Å². The maximum absolute atomic E-state index is 5.83. The van der Waals surface area contributed by atoms with Gasteiger partial charge in [0, 0.05) is 11.8 Å². The number of rotatable bonds is 2. The van der Waals surface area contributed by atoms with E-state index in [1.807, 2.05) is 17.5 Å². The lowest BCUT2D eigenvalue weighted by Crippen LogP contribution is -1.92. The molecule has 5 nitrogen and oxygen atoms in total. The molecule has 0 amide bonds. The van der Waals surface area contributed by atoms with Gasteiger partial charge < -0.3 is 5.73 Å². The van der Waals surface area contributed by atoms with Crippen LogP contribution in [0.5, 0.6) is 0 Å². The molecule has 84 valence electrons. The summed E-state index contributed by atoms with van der Waals surface area (Å²) in [7, 11) is 0. The zero-order valence-corrected chi connectivity index (χ0v) is 9.61. The van der Waals surface area contributed by atoms with Crippen molar-refractivity contribution in [1.29, 1.82) is 0 Å². The molecular formula is C11H9N5S. The number of H-pyrrole nitrogens is 1. The zero-order valence-electron chi connectivity index (χ0n) is 8.79. The van der Waals surface area contributed by atoms with Crippen LogP contribution in [0, 0.1) is 0 Å². The van der Waals surface area contributed by atoms with E-state index in [4.69, 9.17) is 5.73 Å². The predicted octanol–water partition coefficient (Wildman–Crippen LogP) is 2.18. The topological polar surface area (TPSA) is 80.5 Å². The average Bonchev–Trinajstić information content (AvgIpc) is 3.00. The summed E-state index contributed by atoms with van der Waals surface area (Å²) in [4.78, 5) is 9.41. The second-order valence-electron chi connectivity index (χ2n) is 3.45. The van der Waals surface area contributed by atoms with Crippen molar-refractivity contribution in [1.82, 2.24) is 20.2 Å². The van der Waals surface area contributed by atoms with E-state index in [1.54, 1.807) is 29.8 Å². The van der Waals surface area contributed by atoms with Gasteiger partial charge in [0.15, 0.2) is 11.6 Å². The number of pyridine rings is 1. The van der Waals surface area contributed by atoms with E-state index in [9.17, 15) is 0 Å². The van der Waals surface area contributed by atoms with Gasteiger partial charge in [-0.25, -0.2) is 4.98 Å². The molecule has 3 aromatic rings. The standard InChI is InChI=1S/C11H9N5S/c12-8-6-13-4-3-7(8)10-14-11(16-15-10)9-2-1-5-17-9/h1-6H,12H2,(H,14,15,16). The molecule has 0 aliphatic carbocycles. The molecule has 3 N–H and O–H groups in total. The van der Waals surface area contributed by atoms with Gasteiger partial charge in [0.1, 0.15) is 0 Å². The van der Waals surface area contributed by atoms with Crippen molar-refractivity contribution in [2.24, 2.45) is 0 Å². The summed E-state index contributed by atoms with van der Waals surface area (Å²) in [5, 5.41) is 9.07. The highest BCUT2D eigenvalue weighted by atomic mass is 32.1. The SMILES string of the molecule is Nc1cnccc1-c1n[nH]c(-c2cccs2)n1. The van der Waals surface area contributed by atoms with Gasteiger partial charge in [0.2, 0.25) is 0 Å². The molecule has 17 heavy (non-hydrogen) atoms. The first-order valence-corrected chi connectivity index (χ1v) is 5.89. The third kappa shape index (κ3) is 1.78. The third-order valence-electron chi connectivity index (χ3n) is 2.33. The van der Waals surface area contributed by atoms with E-state index in [-0.39, 0.29) is 0 Å². The molecule has 0 aromatic carbocycles. The van der Waals surface area contributed by atoms with Crippen LogP contribution in [0.25, 0.3) is 22.1 Å². The van der Waals surface area contributed by atoms with Gasteiger partial charge in [0.25, 0.3) is 0 Å². The van der Waals surface area contributed by atoms with E-state index in [2.05, 4.69) is 20.2 Å². The maximum Gasteiger partial charge on any atom is 0.183 e. The van der Waals surface area contributed by atoms with Gasteiger partial charge in [-0.1, -0.05) is 6.07 Å². The minimum absolute atomic E-state index is 0.573. The van der Waals surface area contributed by atoms with E-state index in [1.165, 1.54) is 0 Å². The first-order chi connectivity index (χ1) is 8.34. The summed E-state index contributed by atoms with van der Waals surface area (Å²) in [6.45, 7) is 0. The molecule has 0 aliphatic rings. The van der Waals surface area contributed by atoms with Crippen LogP contribution in [-0.4, -0.2) is 20.2 Å². The number of aromatic amines is 1. The summed E-state index contributed by atoms with van der Waals surface area (Å²) in [6.07, 6.45) is 3.27. The number of aromatic nitrogens is 4. The Kier molecular flexibility index (Phi) is 2.34. The van der Waals surface area contributed by atoms with Crippen LogP contribution in [0.15, 0.2) is 36.0 Å². The quantitative estimate of drug-likeness (QED) is 0.722. The summed E-state index contributed by atoms with van der Waals surface area (Å²) < 4.78 is 0. The molecule has 3 rings (SSSR count). The second-order valence-corrected chi connectivity index (χ2v) is 4.40. The minimum Gasteiger partial charge on any atom is -0.397 e. The third-order valence-corrected chi connectivity index (χ3v) is 3.21. The number of hydrogen-bond acceptors (Lipinski definition) is 5. The fourth-order valence-corrected chi connectivity index (χ4v) is 2.18. The fraction of sp³-hybridized carbons (Fsp3) is 0. The fourth-order valence-electron chi connectivity index (χ4n) is 1.52. The Balaban J connectivity index is 2.04. The maximum atomic E-state index is 5.83. The van der Waals surface area contributed by atoms with Crippen molar-refractivity contribution < 1.29 is 0 Å². The summed E-state index contributed by atoms with van der Waals surface area (Å²) >= 11 is 1.61. The molecule has 0 saturated carbocycles. The van der Waals surface area contributed by atoms with Crippen LogP contribution in [0.1, 0.15) is 0 Å². The molecule has 0 bridgehead atoms. The second kappa shape index (κ2) is 3.99. The van der Waals surface area contributed by atoms with Gasteiger partial charge in [0.05, 0.1) is 16.8 Å². The van der Waals surface area contributed by atoms with Crippen LogP contribution >= 0.6 is 11.3 Å². The summed E-state index contributed by atoms with van der Waals surface area (Å²) in [5.41, 5.74) is 7.19. The zero-order chi connectivity index (χ0) is 11.7. The molecule has 0 atom stereocenters. The van der Waals surface area contributed by atoms with Gasteiger partial charge >= 0.3 is 0 Å². The van der Waals surface area contributed by atoms with E-state index in [0.717, 1.165) is 16.3 Å². The largest absolute Gasteiger partial charge is 0.397 e. The molecule has 3 heterocycles. The normalized spacial score (nSPS) is 10.6. The van der Waals surface area contributed by atoms with Crippen molar-refractivity contribution in [3.05, 3.63) is 36.0 Å². The highest BCUT2D eigenvalue weighted by molar-refractivity contribution is 7.13. The number of nitrogen functional groups attached to an aromatic ring is 1. The molecule has 0 unspecified atom stereocenters. The van der Waals surface area contributed by atoms with E-state index < -0.39 is 0 Å². The first kappa shape index (κ1) is 9.98. The number of nitrogens with one attached hydrogen (secondary N) is 1. The van der Waals surface area contributed by atoms with Crippen LogP contribution in [0.4, 0.5) is 5.69 Å². The highest BCUT2D eigenvalue weighted by Gasteiger charge is 2.10. The molecule has 3 aromatic heterocycles. The van der Waals surface area contributed by atoms with Crippen molar-refractivity contribution in [2.75, 3.05) is 5.73 Å². The Hall–Kier alpha value is -2.21. The Labute approximate surface area is 101 Å². The molecule has 0 aliphatic heterocycles. The Morgan fingerprint density at radius 3 is 3.00 bits per heavy atom.